The number of carbonyl (C=O) groups excluding carboxylic acids is 1. The van der Waals surface area contributed by atoms with Crippen LogP contribution in [0.15, 0.2) is 78.9 Å². The highest BCUT2D eigenvalue weighted by atomic mass is 16.1. The summed E-state index contributed by atoms with van der Waals surface area (Å²) in [5.41, 5.74) is 5.41. The van der Waals surface area contributed by atoms with Crippen LogP contribution in [0.5, 0.6) is 0 Å². The second-order valence-electron chi connectivity index (χ2n) is 5.66. The minimum atomic E-state index is -0.000458. The van der Waals surface area contributed by atoms with Crippen LogP contribution in [-0.2, 0) is 11.2 Å². The van der Waals surface area contributed by atoms with Crippen LogP contribution in [0.3, 0.4) is 0 Å². The minimum Gasteiger partial charge on any atom is -0.326 e. The number of rotatable bonds is 4. The van der Waals surface area contributed by atoms with Crippen molar-refractivity contribution in [3.63, 3.8) is 0 Å². The van der Waals surface area contributed by atoms with Gasteiger partial charge in [-0.2, -0.15) is 0 Å². The van der Waals surface area contributed by atoms with E-state index >= 15 is 0 Å². The molecule has 0 atom stereocenters. The van der Waals surface area contributed by atoms with Crippen molar-refractivity contribution in [1.82, 2.24) is 0 Å². The van der Waals surface area contributed by atoms with Crippen LogP contribution < -0.4 is 5.32 Å². The second-order valence-corrected chi connectivity index (χ2v) is 5.66. The summed E-state index contributed by atoms with van der Waals surface area (Å²) >= 11 is 0. The van der Waals surface area contributed by atoms with Crippen molar-refractivity contribution in [3.8, 4) is 11.1 Å². The van der Waals surface area contributed by atoms with Gasteiger partial charge in [0.1, 0.15) is 0 Å². The SMILES string of the molecule is Cc1cccc(-c2ccc(NC(=O)Cc3ccccc3)cc2)c1. The van der Waals surface area contributed by atoms with Crippen molar-refractivity contribution in [2.75, 3.05) is 5.32 Å². The largest absolute Gasteiger partial charge is 0.326 e. The molecule has 0 radical (unpaired) electrons. The Morgan fingerprint density at radius 1 is 0.826 bits per heavy atom. The summed E-state index contributed by atoms with van der Waals surface area (Å²) in [5, 5.41) is 2.94. The third kappa shape index (κ3) is 4.07. The smallest absolute Gasteiger partial charge is 0.228 e. The molecule has 0 saturated heterocycles. The maximum absolute atomic E-state index is 12.1. The summed E-state index contributed by atoms with van der Waals surface area (Å²) in [5.74, 6) is -0.000458. The standard InChI is InChI=1S/C21H19NO/c1-16-6-5-9-19(14-16)18-10-12-20(13-11-18)22-21(23)15-17-7-3-2-4-8-17/h2-14H,15H2,1H3,(H,22,23). The molecule has 23 heavy (non-hydrogen) atoms. The number of amides is 1. The Bertz CT molecular complexity index is 792. The first-order valence-corrected chi connectivity index (χ1v) is 7.71. The van der Waals surface area contributed by atoms with Crippen LogP contribution in [0.2, 0.25) is 0 Å². The molecule has 1 N–H and O–H groups in total. The first kappa shape index (κ1) is 15.0. The maximum Gasteiger partial charge on any atom is 0.228 e. The number of carbonyl (C=O) groups is 1. The number of anilines is 1. The molecule has 3 rings (SSSR count). The maximum atomic E-state index is 12.1. The molecule has 0 aliphatic rings. The van der Waals surface area contributed by atoms with E-state index in [2.05, 4.69) is 36.5 Å². The van der Waals surface area contributed by atoms with Gasteiger partial charge in [0.15, 0.2) is 0 Å². The Balaban J connectivity index is 1.67. The third-order valence-electron chi connectivity index (χ3n) is 3.73. The molecule has 2 nitrogen and oxygen atoms in total. The Hall–Kier alpha value is -2.87. The predicted octanol–water partition coefficient (Wildman–Crippen LogP) is 4.84. The second kappa shape index (κ2) is 6.93. The third-order valence-corrected chi connectivity index (χ3v) is 3.73. The van der Waals surface area contributed by atoms with Crippen LogP contribution >= 0.6 is 0 Å². The molecular formula is C21H19NO. The van der Waals surface area contributed by atoms with Crippen molar-refractivity contribution in [2.45, 2.75) is 13.3 Å². The van der Waals surface area contributed by atoms with Crippen LogP contribution in [0, 0.1) is 6.92 Å². The molecule has 0 bridgehead atoms. The van der Waals surface area contributed by atoms with Crippen LogP contribution in [-0.4, -0.2) is 5.91 Å². The van der Waals surface area contributed by atoms with Crippen molar-refractivity contribution in [3.05, 3.63) is 90.0 Å². The van der Waals surface area contributed by atoms with E-state index in [4.69, 9.17) is 0 Å². The van der Waals surface area contributed by atoms with Crippen molar-refractivity contribution in [1.29, 1.82) is 0 Å². The highest BCUT2D eigenvalue weighted by Crippen LogP contribution is 2.22. The molecule has 0 aromatic heterocycles. The topological polar surface area (TPSA) is 29.1 Å². The normalized spacial score (nSPS) is 10.3. The fourth-order valence-corrected chi connectivity index (χ4v) is 2.56. The van der Waals surface area contributed by atoms with Crippen molar-refractivity contribution >= 4 is 11.6 Å². The van der Waals surface area contributed by atoms with E-state index in [9.17, 15) is 4.79 Å². The first-order valence-electron chi connectivity index (χ1n) is 7.71. The lowest BCUT2D eigenvalue weighted by Gasteiger charge is -2.07. The lowest BCUT2D eigenvalue weighted by Crippen LogP contribution is -2.14. The van der Waals surface area contributed by atoms with Gasteiger partial charge in [-0.1, -0.05) is 72.3 Å². The molecule has 3 aromatic rings. The average Bonchev–Trinajstić information content (AvgIpc) is 2.56. The molecule has 3 aromatic carbocycles. The molecular weight excluding hydrogens is 282 g/mol. The van der Waals surface area contributed by atoms with Crippen molar-refractivity contribution < 1.29 is 4.79 Å². The quantitative estimate of drug-likeness (QED) is 0.733. The van der Waals surface area contributed by atoms with Gasteiger partial charge >= 0.3 is 0 Å². The zero-order chi connectivity index (χ0) is 16.1. The number of nitrogens with one attached hydrogen (secondary N) is 1. The van der Waals surface area contributed by atoms with Gasteiger partial charge in [-0.15, -0.1) is 0 Å². The lowest BCUT2D eigenvalue weighted by atomic mass is 10.0. The summed E-state index contributed by atoms with van der Waals surface area (Å²) < 4.78 is 0. The average molecular weight is 301 g/mol. The number of benzene rings is 3. The van der Waals surface area contributed by atoms with Crippen LogP contribution in [0.1, 0.15) is 11.1 Å². The lowest BCUT2D eigenvalue weighted by molar-refractivity contribution is -0.115. The predicted molar refractivity (Wildman–Crippen MR) is 95.4 cm³/mol. The fourth-order valence-electron chi connectivity index (χ4n) is 2.56. The molecule has 0 aliphatic carbocycles. The van der Waals surface area contributed by atoms with Gasteiger partial charge in [0.05, 0.1) is 6.42 Å². The molecule has 1 amide bonds. The summed E-state index contributed by atoms with van der Waals surface area (Å²) in [6.07, 6.45) is 0.389. The van der Waals surface area contributed by atoms with Gasteiger partial charge in [0.25, 0.3) is 0 Å². The highest BCUT2D eigenvalue weighted by Gasteiger charge is 2.04. The number of hydrogen-bond donors (Lipinski definition) is 1. The Morgan fingerprint density at radius 3 is 2.26 bits per heavy atom. The summed E-state index contributed by atoms with van der Waals surface area (Å²) in [4.78, 5) is 12.1. The number of aryl methyl sites for hydroxylation is 1. The highest BCUT2D eigenvalue weighted by molar-refractivity contribution is 5.92. The Morgan fingerprint density at radius 2 is 1.57 bits per heavy atom. The first-order chi connectivity index (χ1) is 11.2. The Labute approximate surface area is 136 Å². The molecule has 0 unspecified atom stereocenters. The number of hydrogen-bond acceptors (Lipinski definition) is 1. The van der Waals surface area contributed by atoms with Gasteiger partial charge in [0.2, 0.25) is 5.91 Å². The zero-order valence-electron chi connectivity index (χ0n) is 13.1. The van der Waals surface area contributed by atoms with E-state index in [-0.39, 0.29) is 5.91 Å². The van der Waals surface area contributed by atoms with E-state index in [1.54, 1.807) is 0 Å². The van der Waals surface area contributed by atoms with Gasteiger partial charge in [-0.05, 0) is 35.7 Å². The molecule has 2 heteroatoms. The molecule has 0 spiro atoms. The molecule has 0 aliphatic heterocycles. The monoisotopic (exact) mass is 301 g/mol. The Kier molecular flexibility index (Phi) is 4.53. The van der Waals surface area contributed by atoms with E-state index in [0.717, 1.165) is 16.8 Å². The fraction of sp³-hybridized carbons (Fsp3) is 0.0952. The van der Waals surface area contributed by atoms with Gasteiger partial charge < -0.3 is 5.32 Å². The van der Waals surface area contributed by atoms with E-state index < -0.39 is 0 Å². The van der Waals surface area contributed by atoms with Gasteiger partial charge in [-0.25, -0.2) is 0 Å². The summed E-state index contributed by atoms with van der Waals surface area (Å²) in [7, 11) is 0. The molecule has 114 valence electrons. The summed E-state index contributed by atoms with van der Waals surface area (Å²) in [6.45, 7) is 2.08. The summed E-state index contributed by atoms with van der Waals surface area (Å²) in [6, 6.07) is 26.1. The molecule has 0 heterocycles. The van der Waals surface area contributed by atoms with Crippen molar-refractivity contribution in [2.24, 2.45) is 0 Å². The molecule has 0 fully saturated rings. The van der Waals surface area contributed by atoms with E-state index in [1.165, 1.54) is 11.1 Å². The van der Waals surface area contributed by atoms with Gasteiger partial charge in [0, 0.05) is 5.69 Å². The minimum absolute atomic E-state index is 0.000458. The zero-order valence-corrected chi connectivity index (χ0v) is 13.1. The van der Waals surface area contributed by atoms with E-state index in [1.807, 2.05) is 54.6 Å². The molecule has 0 saturated carbocycles. The van der Waals surface area contributed by atoms with Gasteiger partial charge in [-0.3, -0.25) is 4.79 Å². The van der Waals surface area contributed by atoms with E-state index in [0.29, 0.717) is 6.42 Å². The van der Waals surface area contributed by atoms with Crippen LogP contribution in [0.4, 0.5) is 5.69 Å². The van der Waals surface area contributed by atoms with Crippen LogP contribution in [0.25, 0.3) is 11.1 Å².